The highest BCUT2D eigenvalue weighted by atomic mass is 16.3. The van der Waals surface area contributed by atoms with Gasteiger partial charge in [-0.3, -0.25) is 0 Å². The minimum absolute atomic E-state index is 0.602. The normalized spacial score (nSPS) is 11.3. The zero-order valence-electron chi connectivity index (χ0n) is 29.8. The summed E-state index contributed by atoms with van der Waals surface area (Å²) in [5, 5.41) is 2.06. The summed E-state index contributed by atoms with van der Waals surface area (Å²) in [6.07, 6.45) is 0. The molecule has 258 valence electrons. The van der Waals surface area contributed by atoms with Crippen LogP contribution in [-0.4, -0.2) is 15.0 Å². The van der Waals surface area contributed by atoms with Crippen LogP contribution in [0, 0.1) is 0 Å². The summed E-state index contributed by atoms with van der Waals surface area (Å²) in [5.41, 5.74) is 13.6. The van der Waals surface area contributed by atoms with E-state index in [-0.39, 0.29) is 0 Å². The predicted molar refractivity (Wildman–Crippen MR) is 225 cm³/mol. The molecule has 0 aliphatic carbocycles. The van der Waals surface area contributed by atoms with Crippen LogP contribution < -0.4 is 0 Å². The molecular formula is C51H33N3O. The summed E-state index contributed by atoms with van der Waals surface area (Å²) in [7, 11) is 0. The number of aromatic nitrogens is 3. The van der Waals surface area contributed by atoms with E-state index in [1.54, 1.807) is 0 Å². The van der Waals surface area contributed by atoms with Gasteiger partial charge in [-0.2, -0.15) is 0 Å². The second-order valence-corrected chi connectivity index (χ2v) is 13.7. The smallest absolute Gasteiger partial charge is 0.164 e. The Morgan fingerprint density at radius 1 is 0.236 bits per heavy atom. The fraction of sp³-hybridized carbons (Fsp3) is 0. The lowest BCUT2D eigenvalue weighted by atomic mass is 9.99. The fourth-order valence-corrected chi connectivity index (χ4v) is 7.23. The maximum atomic E-state index is 6.43. The molecule has 8 aromatic carbocycles. The zero-order valence-corrected chi connectivity index (χ0v) is 29.8. The number of furan rings is 1. The van der Waals surface area contributed by atoms with Crippen molar-refractivity contribution in [3.63, 3.8) is 0 Å². The quantitative estimate of drug-likeness (QED) is 0.166. The topological polar surface area (TPSA) is 51.8 Å². The molecule has 0 radical (unpaired) electrons. The number of nitrogens with zero attached hydrogens (tertiary/aromatic N) is 3. The summed E-state index contributed by atoms with van der Waals surface area (Å²) in [5.74, 6) is 1.84. The van der Waals surface area contributed by atoms with Gasteiger partial charge in [0.1, 0.15) is 11.2 Å². The highest BCUT2D eigenvalue weighted by molar-refractivity contribution is 6.07. The number of rotatable bonds is 7. The van der Waals surface area contributed by atoms with Crippen molar-refractivity contribution in [1.29, 1.82) is 0 Å². The van der Waals surface area contributed by atoms with Gasteiger partial charge in [0.05, 0.1) is 0 Å². The maximum absolute atomic E-state index is 6.43. The molecule has 0 saturated carbocycles. The number of hydrogen-bond acceptors (Lipinski definition) is 4. The van der Waals surface area contributed by atoms with Crippen LogP contribution in [0.5, 0.6) is 0 Å². The van der Waals surface area contributed by atoms with Gasteiger partial charge in [-0.15, -0.1) is 0 Å². The number of hydrogen-bond donors (Lipinski definition) is 0. The Labute approximate surface area is 319 Å². The van der Waals surface area contributed by atoms with Gasteiger partial charge in [-0.1, -0.05) is 170 Å². The van der Waals surface area contributed by atoms with Crippen LogP contribution in [-0.2, 0) is 0 Å². The van der Waals surface area contributed by atoms with E-state index < -0.39 is 0 Å². The van der Waals surface area contributed by atoms with Crippen LogP contribution in [0.3, 0.4) is 0 Å². The van der Waals surface area contributed by atoms with E-state index in [1.165, 1.54) is 22.3 Å². The van der Waals surface area contributed by atoms with Crippen molar-refractivity contribution in [2.24, 2.45) is 0 Å². The third kappa shape index (κ3) is 6.36. The maximum Gasteiger partial charge on any atom is 0.164 e. The van der Waals surface area contributed by atoms with Crippen LogP contribution in [0.2, 0.25) is 0 Å². The molecule has 0 aliphatic heterocycles. The second-order valence-electron chi connectivity index (χ2n) is 13.7. The first kappa shape index (κ1) is 32.2. The number of benzene rings is 8. The molecule has 0 aliphatic rings. The summed E-state index contributed by atoms with van der Waals surface area (Å²) in [6.45, 7) is 0. The molecule has 0 atom stereocenters. The first-order valence-corrected chi connectivity index (χ1v) is 18.4. The van der Waals surface area contributed by atoms with Gasteiger partial charge in [-0.25, -0.2) is 15.0 Å². The lowest BCUT2D eigenvalue weighted by molar-refractivity contribution is 0.669. The van der Waals surface area contributed by atoms with Gasteiger partial charge in [-0.05, 0) is 74.8 Å². The standard InChI is InChI=1S/C51H33N3O/c1-4-10-34(11-5-1)37-16-18-40(19-17-37)43-28-30-45-46-32-44(29-31-47(46)55-48(45)33-43)51-53-49(41-24-20-38(21-25-41)35-12-6-2-7-13-35)52-50(54-51)42-26-22-39(23-27-42)36-14-8-3-9-15-36/h1-33H. The van der Waals surface area contributed by atoms with E-state index in [9.17, 15) is 0 Å². The van der Waals surface area contributed by atoms with Crippen LogP contribution in [0.4, 0.5) is 0 Å². The molecule has 10 aromatic rings. The largest absolute Gasteiger partial charge is 0.456 e. The van der Waals surface area contributed by atoms with Crippen LogP contribution in [0.15, 0.2) is 205 Å². The first-order chi connectivity index (χ1) is 27.2. The Balaban J connectivity index is 1.03. The van der Waals surface area contributed by atoms with Gasteiger partial charge in [0.15, 0.2) is 17.5 Å². The highest BCUT2D eigenvalue weighted by Crippen LogP contribution is 2.36. The van der Waals surface area contributed by atoms with Crippen molar-refractivity contribution in [2.45, 2.75) is 0 Å². The molecule has 0 N–H and O–H groups in total. The molecule has 4 heteroatoms. The van der Waals surface area contributed by atoms with Gasteiger partial charge in [0.25, 0.3) is 0 Å². The Kier molecular flexibility index (Phi) is 8.12. The van der Waals surface area contributed by atoms with Crippen molar-refractivity contribution in [3.8, 4) is 78.7 Å². The fourth-order valence-electron chi connectivity index (χ4n) is 7.23. The van der Waals surface area contributed by atoms with Crippen molar-refractivity contribution < 1.29 is 4.42 Å². The van der Waals surface area contributed by atoms with E-state index in [1.807, 2.05) is 30.3 Å². The second kappa shape index (κ2) is 13.8. The van der Waals surface area contributed by atoms with Crippen LogP contribution in [0.1, 0.15) is 0 Å². The van der Waals surface area contributed by atoms with E-state index >= 15 is 0 Å². The lowest BCUT2D eigenvalue weighted by Crippen LogP contribution is -2.00. The zero-order chi connectivity index (χ0) is 36.6. The van der Waals surface area contributed by atoms with E-state index in [2.05, 4.69) is 170 Å². The molecule has 4 nitrogen and oxygen atoms in total. The molecule has 0 fully saturated rings. The number of fused-ring (bicyclic) bond motifs is 3. The highest BCUT2D eigenvalue weighted by Gasteiger charge is 2.16. The molecule has 55 heavy (non-hydrogen) atoms. The van der Waals surface area contributed by atoms with Crippen molar-refractivity contribution in [1.82, 2.24) is 15.0 Å². The SMILES string of the molecule is c1ccc(-c2ccc(-c3ccc4c(c3)oc3ccc(-c5nc(-c6ccc(-c7ccccc7)cc6)nc(-c6ccc(-c7ccccc7)cc6)n5)cc34)cc2)cc1. The van der Waals surface area contributed by atoms with E-state index in [0.29, 0.717) is 17.5 Å². The minimum atomic E-state index is 0.602. The van der Waals surface area contributed by atoms with Crippen molar-refractivity contribution in [2.75, 3.05) is 0 Å². The van der Waals surface area contributed by atoms with Gasteiger partial charge < -0.3 is 4.42 Å². The third-order valence-corrected chi connectivity index (χ3v) is 10.2. The minimum Gasteiger partial charge on any atom is -0.456 e. The lowest BCUT2D eigenvalue weighted by Gasteiger charge is -2.10. The Morgan fingerprint density at radius 2 is 0.582 bits per heavy atom. The molecule has 0 bridgehead atoms. The first-order valence-electron chi connectivity index (χ1n) is 18.4. The molecule has 0 amide bonds. The van der Waals surface area contributed by atoms with Gasteiger partial charge in [0.2, 0.25) is 0 Å². The molecule has 2 heterocycles. The van der Waals surface area contributed by atoms with Crippen LogP contribution >= 0.6 is 0 Å². The van der Waals surface area contributed by atoms with E-state index in [0.717, 1.165) is 60.9 Å². The molecular weight excluding hydrogens is 671 g/mol. The average molecular weight is 704 g/mol. The Morgan fingerprint density at radius 3 is 1.04 bits per heavy atom. The van der Waals surface area contributed by atoms with Gasteiger partial charge >= 0.3 is 0 Å². The van der Waals surface area contributed by atoms with Crippen molar-refractivity contribution >= 4 is 21.9 Å². The molecule has 0 spiro atoms. The average Bonchev–Trinajstić information content (AvgIpc) is 3.65. The van der Waals surface area contributed by atoms with Crippen molar-refractivity contribution in [3.05, 3.63) is 200 Å². The predicted octanol–water partition coefficient (Wildman–Crippen LogP) is 13.4. The summed E-state index contributed by atoms with van der Waals surface area (Å²) >= 11 is 0. The molecule has 10 rings (SSSR count). The monoisotopic (exact) mass is 703 g/mol. The van der Waals surface area contributed by atoms with Crippen LogP contribution in [0.25, 0.3) is 101 Å². The molecule has 0 unspecified atom stereocenters. The summed E-state index contributed by atoms with van der Waals surface area (Å²) in [6, 6.07) is 69.4. The molecule has 2 aromatic heterocycles. The summed E-state index contributed by atoms with van der Waals surface area (Å²) < 4.78 is 6.43. The Bertz CT molecular complexity index is 2820. The molecule has 0 saturated heterocycles. The van der Waals surface area contributed by atoms with E-state index in [4.69, 9.17) is 19.4 Å². The third-order valence-electron chi connectivity index (χ3n) is 10.2. The van der Waals surface area contributed by atoms with Gasteiger partial charge in [0, 0.05) is 27.5 Å². The summed E-state index contributed by atoms with van der Waals surface area (Å²) in [4.78, 5) is 15.2. The Hall–Kier alpha value is -7.43.